The molecule has 2 heterocycles. The molecule has 0 saturated carbocycles. The molecule has 2 aromatic carbocycles. The molecule has 1 saturated heterocycles. The maximum Gasteiger partial charge on any atom is 0.273 e. The number of aromatic hydroxyl groups is 1. The first-order valence-electron chi connectivity index (χ1n) is 10.8. The van der Waals surface area contributed by atoms with Gasteiger partial charge >= 0.3 is 0 Å². The van der Waals surface area contributed by atoms with Crippen molar-refractivity contribution in [2.24, 2.45) is 0 Å². The predicted octanol–water partition coefficient (Wildman–Crippen LogP) is 3.13. The number of ketones is 1. The van der Waals surface area contributed by atoms with Crippen LogP contribution in [0.1, 0.15) is 46.3 Å². The minimum absolute atomic E-state index is 0.0151. The smallest absolute Gasteiger partial charge is 0.273 e. The number of aromatic nitrogens is 1. The largest absolute Gasteiger partial charge is 0.507 e. The number of carbonyl (C=O) groups is 1. The van der Waals surface area contributed by atoms with Gasteiger partial charge in [-0.15, -0.1) is 0 Å². The summed E-state index contributed by atoms with van der Waals surface area (Å²) < 4.78 is 28.7. The van der Waals surface area contributed by atoms with E-state index >= 15 is 0 Å². The summed E-state index contributed by atoms with van der Waals surface area (Å²) in [5, 5.41) is 19.7. The Hall–Kier alpha value is -3.74. The number of nitrogens with zero attached hydrogens (tertiary/aromatic N) is 3. The van der Waals surface area contributed by atoms with E-state index < -0.39 is 21.4 Å². The highest BCUT2D eigenvalue weighted by atomic mass is 32.2. The number of nitriles is 1. The summed E-state index contributed by atoms with van der Waals surface area (Å²) >= 11 is 0. The fourth-order valence-electron chi connectivity index (χ4n) is 4.01. The van der Waals surface area contributed by atoms with Gasteiger partial charge in [0.1, 0.15) is 17.4 Å². The van der Waals surface area contributed by atoms with Crippen molar-refractivity contribution >= 4 is 15.8 Å². The lowest BCUT2D eigenvalue weighted by molar-refractivity contribution is 0.103. The third-order valence-corrected chi connectivity index (χ3v) is 7.74. The lowest BCUT2D eigenvalue weighted by atomic mass is 10.0. The molecule has 0 spiro atoms. The number of aryl methyl sites for hydroxylation is 1. The Balaban J connectivity index is 1.82. The molecule has 1 aromatic heterocycles. The fraction of sp³-hybridized carbons (Fsp3) is 0.240. The van der Waals surface area contributed by atoms with Gasteiger partial charge in [0.2, 0.25) is 10.0 Å². The van der Waals surface area contributed by atoms with E-state index in [0.717, 1.165) is 29.4 Å². The normalized spacial score (nSPS) is 14.5. The van der Waals surface area contributed by atoms with Crippen LogP contribution in [0.4, 0.5) is 0 Å². The van der Waals surface area contributed by atoms with E-state index in [0.29, 0.717) is 13.1 Å². The van der Waals surface area contributed by atoms with Crippen molar-refractivity contribution < 1.29 is 18.3 Å². The van der Waals surface area contributed by atoms with E-state index in [1.54, 1.807) is 19.1 Å². The third kappa shape index (κ3) is 4.38. The van der Waals surface area contributed by atoms with Gasteiger partial charge in [-0.3, -0.25) is 14.2 Å². The summed E-state index contributed by atoms with van der Waals surface area (Å²) in [5.74, 6) is -0.787. The molecule has 0 unspecified atom stereocenters. The van der Waals surface area contributed by atoms with E-state index in [-0.39, 0.29) is 33.0 Å². The number of phenols is 1. The number of piperidine rings is 1. The van der Waals surface area contributed by atoms with Crippen molar-refractivity contribution in [3.63, 3.8) is 0 Å². The quantitative estimate of drug-likeness (QED) is 0.564. The number of pyridine rings is 1. The minimum Gasteiger partial charge on any atom is -0.507 e. The third-order valence-electron chi connectivity index (χ3n) is 5.85. The SMILES string of the molecule is Cc1ccc(O)c(C(=O)c2cc(C#N)c(=O)n(-c3cccc(S(=O)(=O)N4CCCCC4)c3)c2)c1. The van der Waals surface area contributed by atoms with Crippen molar-refractivity contribution in [3.8, 4) is 17.5 Å². The number of rotatable bonds is 5. The molecule has 4 rings (SSSR count). The Morgan fingerprint density at radius 2 is 1.79 bits per heavy atom. The number of hydrogen-bond donors (Lipinski definition) is 1. The molecule has 1 aliphatic rings. The number of carbonyl (C=O) groups excluding carboxylic acids is 1. The first kappa shape index (κ1) is 23.4. The summed E-state index contributed by atoms with van der Waals surface area (Å²) in [6.45, 7) is 2.65. The molecular weight excluding hydrogens is 454 g/mol. The second kappa shape index (κ2) is 9.25. The van der Waals surface area contributed by atoms with Crippen LogP contribution in [0.5, 0.6) is 5.75 Å². The monoisotopic (exact) mass is 477 g/mol. The first-order chi connectivity index (χ1) is 16.2. The zero-order chi connectivity index (χ0) is 24.5. The molecule has 0 radical (unpaired) electrons. The number of benzene rings is 2. The molecule has 0 atom stereocenters. The molecular formula is C25H23N3O5S. The van der Waals surface area contributed by atoms with Gasteiger partial charge in [0.25, 0.3) is 5.56 Å². The molecule has 0 aliphatic carbocycles. The number of hydrogen-bond acceptors (Lipinski definition) is 6. The zero-order valence-electron chi connectivity index (χ0n) is 18.6. The highest BCUT2D eigenvalue weighted by molar-refractivity contribution is 7.89. The summed E-state index contributed by atoms with van der Waals surface area (Å²) in [4.78, 5) is 26.1. The average Bonchev–Trinajstić information content (AvgIpc) is 2.86. The van der Waals surface area contributed by atoms with Gasteiger partial charge in [0.15, 0.2) is 5.78 Å². The lowest BCUT2D eigenvalue weighted by Gasteiger charge is -2.26. The number of phenolic OH excluding ortho intramolecular Hbond substituents is 1. The second-order valence-electron chi connectivity index (χ2n) is 8.24. The second-order valence-corrected chi connectivity index (χ2v) is 10.2. The van der Waals surface area contributed by atoms with E-state index in [2.05, 4.69) is 0 Å². The van der Waals surface area contributed by atoms with Crippen molar-refractivity contribution in [1.82, 2.24) is 8.87 Å². The molecule has 1 aliphatic heterocycles. The Labute approximate surface area is 197 Å². The van der Waals surface area contributed by atoms with Crippen LogP contribution in [-0.2, 0) is 10.0 Å². The molecule has 0 bridgehead atoms. The van der Waals surface area contributed by atoms with Gasteiger partial charge in [-0.2, -0.15) is 9.57 Å². The van der Waals surface area contributed by atoms with E-state index in [1.165, 1.54) is 53.0 Å². The Bertz CT molecular complexity index is 1480. The summed E-state index contributed by atoms with van der Waals surface area (Å²) in [7, 11) is -3.75. The predicted molar refractivity (Wildman–Crippen MR) is 126 cm³/mol. The summed E-state index contributed by atoms with van der Waals surface area (Å²) in [5.41, 5.74) is 0.0625. The molecule has 0 amide bonds. The van der Waals surface area contributed by atoms with E-state index in [1.807, 2.05) is 0 Å². The molecule has 3 aromatic rings. The minimum atomic E-state index is -3.75. The summed E-state index contributed by atoms with van der Waals surface area (Å²) in [6.07, 6.45) is 3.83. The van der Waals surface area contributed by atoms with Gasteiger partial charge in [0.05, 0.1) is 10.5 Å². The van der Waals surface area contributed by atoms with Crippen molar-refractivity contribution in [2.75, 3.05) is 13.1 Å². The van der Waals surface area contributed by atoms with Crippen LogP contribution in [0.15, 0.2) is 64.4 Å². The van der Waals surface area contributed by atoms with Crippen molar-refractivity contribution in [2.45, 2.75) is 31.1 Å². The molecule has 8 nitrogen and oxygen atoms in total. The van der Waals surface area contributed by atoms with Crippen LogP contribution in [0.25, 0.3) is 5.69 Å². The Kier molecular flexibility index (Phi) is 6.37. The summed E-state index contributed by atoms with van der Waals surface area (Å²) in [6, 6.07) is 13.4. The van der Waals surface area contributed by atoms with Gasteiger partial charge in [0, 0.05) is 30.5 Å². The zero-order valence-corrected chi connectivity index (χ0v) is 19.4. The van der Waals surface area contributed by atoms with Gasteiger partial charge in [-0.05, 0) is 56.2 Å². The standard InChI is InChI=1S/C25H23N3O5S/c1-17-8-9-23(29)22(12-17)24(30)19-13-18(15-26)25(31)28(16-19)20-6-5-7-21(14-20)34(32,33)27-10-3-2-4-11-27/h5-9,12-14,16,29H,2-4,10-11H2,1H3. The topological polar surface area (TPSA) is 120 Å². The van der Waals surface area contributed by atoms with Crippen LogP contribution < -0.4 is 5.56 Å². The van der Waals surface area contributed by atoms with Crippen LogP contribution in [0, 0.1) is 18.3 Å². The maximum atomic E-state index is 13.1. The van der Waals surface area contributed by atoms with Crippen LogP contribution in [0.3, 0.4) is 0 Å². The highest BCUT2D eigenvalue weighted by Crippen LogP contribution is 2.24. The van der Waals surface area contributed by atoms with Crippen molar-refractivity contribution in [3.05, 3.63) is 87.3 Å². The van der Waals surface area contributed by atoms with E-state index in [9.17, 15) is 28.4 Å². The average molecular weight is 478 g/mol. The Morgan fingerprint density at radius 3 is 2.50 bits per heavy atom. The highest BCUT2D eigenvalue weighted by Gasteiger charge is 2.26. The Morgan fingerprint density at radius 1 is 1.06 bits per heavy atom. The van der Waals surface area contributed by atoms with Gasteiger partial charge < -0.3 is 5.11 Å². The molecule has 9 heteroatoms. The molecule has 1 fully saturated rings. The lowest BCUT2D eigenvalue weighted by Crippen LogP contribution is -2.35. The van der Waals surface area contributed by atoms with Crippen LogP contribution in [-0.4, -0.2) is 41.3 Å². The molecule has 34 heavy (non-hydrogen) atoms. The van der Waals surface area contributed by atoms with Crippen LogP contribution >= 0.6 is 0 Å². The van der Waals surface area contributed by atoms with Crippen LogP contribution in [0.2, 0.25) is 0 Å². The van der Waals surface area contributed by atoms with E-state index in [4.69, 9.17) is 0 Å². The molecule has 1 N–H and O–H groups in total. The van der Waals surface area contributed by atoms with Crippen molar-refractivity contribution in [1.29, 1.82) is 5.26 Å². The van der Waals surface area contributed by atoms with Gasteiger partial charge in [-0.1, -0.05) is 24.1 Å². The molecule has 174 valence electrons. The number of sulfonamides is 1. The fourth-order valence-corrected chi connectivity index (χ4v) is 5.57. The van der Waals surface area contributed by atoms with Gasteiger partial charge in [-0.25, -0.2) is 8.42 Å². The first-order valence-corrected chi connectivity index (χ1v) is 12.3. The maximum absolute atomic E-state index is 13.1.